The van der Waals surface area contributed by atoms with Gasteiger partial charge >= 0.3 is 0 Å². The summed E-state index contributed by atoms with van der Waals surface area (Å²) in [5, 5.41) is 3.34. The average Bonchev–Trinajstić information content (AvgIpc) is 2.35. The molecule has 2 heterocycles. The van der Waals surface area contributed by atoms with Crippen LogP contribution in [0, 0.1) is 0 Å². The summed E-state index contributed by atoms with van der Waals surface area (Å²) in [6.07, 6.45) is 4.75. The van der Waals surface area contributed by atoms with Gasteiger partial charge in [0.05, 0.1) is 12.4 Å². The lowest BCUT2D eigenvalue weighted by Crippen LogP contribution is -2.02. The highest BCUT2D eigenvalue weighted by Crippen LogP contribution is 2.26. The number of rotatable bonds is 4. The molecule has 0 saturated heterocycles. The van der Waals surface area contributed by atoms with Gasteiger partial charge in [-0.1, -0.05) is 11.6 Å². The zero-order valence-electron chi connectivity index (χ0n) is 9.22. The third kappa shape index (κ3) is 3.04. The Morgan fingerprint density at radius 1 is 1.41 bits per heavy atom. The van der Waals surface area contributed by atoms with Crippen molar-refractivity contribution in [3.63, 3.8) is 0 Å². The van der Waals surface area contributed by atoms with Gasteiger partial charge in [0, 0.05) is 12.7 Å². The maximum Gasteiger partial charge on any atom is 0.243 e. The molecule has 0 aliphatic rings. The molecule has 0 aromatic carbocycles. The molecule has 0 spiro atoms. The number of ether oxygens (including phenoxy) is 1. The third-order valence-corrected chi connectivity index (χ3v) is 2.16. The van der Waals surface area contributed by atoms with E-state index in [1.807, 2.05) is 6.92 Å². The van der Waals surface area contributed by atoms with Crippen LogP contribution in [0.1, 0.15) is 6.92 Å². The summed E-state index contributed by atoms with van der Waals surface area (Å²) in [6, 6.07) is 3.55. The fourth-order valence-corrected chi connectivity index (χ4v) is 1.32. The molecule has 0 fully saturated rings. The minimum atomic E-state index is 0.311. The number of nitrogens with zero attached hydrogens (tertiary/aromatic N) is 3. The number of nitrogens with one attached hydrogen (secondary N) is 1. The topological polar surface area (TPSA) is 59.9 Å². The summed E-state index contributed by atoms with van der Waals surface area (Å²) in [7, 11) is 0. The standard InChI is InChI=1S/C11H11ClN4O/c1-2-14-11-15-7-9(12)10(16-11)17-8-4-3-5-13-6-8/h3-7H,2H2,1H3,(H,14,15,16). The number of aromatic nitrogens is 3. The van der Waals surface area contributed by atoms with Gasteiger partial charge < -0.3 is 10.1 Å². The van der Waals surface area contributed by atoms with Crippen LogP contribution in [0.2, 0.25) is 5.02 Å². The van der Waals surface area contributed by atoms with Gasteiger partial charge in [0.15, 0.2) is 0 Å². The Kier molecular flexibility index (Phi) is 3.72. The van der Waals surface area contributed by atoms with Crippen molar-refractivity contribution in [1.82, 2.24) is 15.0 Å². The molecule has 6 heteroatoms. The number of hydrogen-bond acceptors (Lipinski definition) is 5. The van der Waals surface area contributed by atoms with E-state index in [0.29, 0.717) is 22.6 Å². The van der Waals surface area contributed by atoms with Gasteiger partial charge in [0.25, 0.3) is 0 Å². The summed E-state index contributed by atoms with van der Waals surface area (Å²) in [4.78, 5) is 12.1. The smallest absolute Gasteiger partial charge is 0.243 e. The van der Waals surface area contributed by atoms with Crippen molar-refractivity contribution in [2.75, 3.05) is 11.9 Å². The fourth-order valence-electron chi connectivity index (χ4n) is 1.19. The Labute approximate surface area is 104 Å². The Morgan fingerprint density at radius 2 is 2.29 bits per heavy atom. The van der Waals surface area contributed by atoms with Gasteiger partial charge in [0.2, 0.25) is 11.8 Å². The maximum absolute atomic E-state index is 5.95. The molecule has 0 unspecified atom stereocenters. The van der Waals surface area contributed by atoms with Gasteiger partial charge in [-0.05, 0) is 19.1 Å². The van der Waals surface area contributed by atoms with Crippen molar-refractivity contribution in [1.29, 1.82) is 0 Å². The van der Waals surface area contributed by atoms with Crippen molar-refractivity contribution in [2.45, 2.75) is 6.92 Å². The van der Waals surface area contributed by atoms with E-state index in [1.54, 1.807) is 24.5 Å². The molecule has 2 aromatic heterocycles. The van der Waals surface area contributed by atoms with Crippen LogP contribution in [0.5, 0.6) is 11.6 Å². The lowest BCUT2D eigenvalue weighted by atomic mass is 10.5. The average molecular weight is 251 g/mol. The van der Waals surface area contributed by atoms with Crippen LogP contribution in [-0.4, -0.2) is 21.5 Å². The van der Waals surface area contributed by atoms with E-state index in [9.17, 15) is 0 Å². The van der Waals surface area contributed by atoms with Crippen molar-refractivity contribution >= 4 is 17.5 Å². The van der Waals surface area contributed by atoms with Gasteiger partial charge in [-0.2, -0.15) is 4.98 Å². The van der Waals surface area contributed by atoms with Crippen LogP contribution < -0.4 is 10.1 Å². The molecule has 0 bridgehead atoms. The Morgan fingerprint density at radius 3 is 3.00 bits per heavy atom. The highest BCUT2D eigenvalue weighted by molar-refractivity contribution is 6.31. The minimum absolute atomic E-state index is 0.311. The Hall–Kier alpha value is -1.88. The lowest BCUT2D eigenvalue weighted by Gasteiger charge is -2.07. The van der Waals surface area contributed by atoms with Crippen LogP contribution in [-0.2, 0) is 0 Å². The first kappa shape index (κ1) is 11.6. The fraction of sp³-hybridized carbons (Fsp3) is 0.182. The monoisotopic (exact) mass is 250 g/mol. The third-order valence-electron chi connectivity index (χ3n) is 1.90. The van der Waals surface area contributed by atoms with E-state index in [2.05, 4.69) is 20.3 Å². The highest BCUT2D eigenvalue weighted by atomic mass is 35.5. The van der Waals surface area contributed by atoms with Gasteiger partial charge in [-0.15, -0.1) is 0 Å². The Bertz CT molecular complexity index is 492. The predicted octanol–water partition coefficient (Wildman–Crippen LogP) is 2.75. The van der Waals surface area contributed by atoms with E-state index in [4.69, 9.17) is 16.3 Å². The molecule has 0 amide bonds. The zero-order chi connectivity index (χ0) is 12.1. The summed E-state index contributed by atoms with van der Waals surface area (Å²) < 4.78 is 5.51. The van der Waals surface area contributed by atoms with Crippen LogP contribution in [0.25, 0.3) is 0 Å². The molecule has 88 valence electrons. The van der Waals surface area contributed by atoms with Crippen LogP contribution in [0.4, 0.5) is 5.95 Å². The number of halogens is 1. The van der Waals surface area contributed by atoms with E-state index >= 15 is 0 Å². The molecule has 2 aromatic rings. The second-order valence-corrected chi connectivity index (χ2v) is 3.58. The first-order valence-electron chi connectivity index (χ1n) is 5.14. The highest BCUT2D eigenvalue weighted by Gasteiger charge is 2.07. The van der Waals surface area contributed by atoms with Gasteiger partial charge in [0.1, 0.15) is 10.8 Å². The maximum atomic E-state index is 5.95. The number of pyridine rings is 1. The largest absolute Gasteiger partial charge is 0.436 e. The van der Waals surface area contributed by atoms with Crippen molar-refractivity contribution in [2.24, 2.45) is 0 Å². The summed E-state index contributed by atoms with van der Waals surface area (Å²) in [5.41, 5.74) is 0. The van der Waals surface area contributed by atoms with Gasteiger partial charge in [-0.3, -0.25) is 4.98 Å². The molecule has 2 rings (SSSR count). The summed E-state index contributed by atoms with van der Waals surface area (Å²) >= 11 is 5.95. The number of anilines is 1. The molecular weight excluding hydrogens is 240 g/mol. The van der Waals surface area contributed by atoms with E-state index in [0.717, 1.165) is 6.54 Å². The van der Waals surface area contributed by atoms with Crippen molar-refractivity contribution in [3.8, 4) is 11.6 Å². The molecule has 0 radical (unpaired) electrons. The van der Waals surface area contributed by atoms with Gasteiger partial charge in [-0.25, -0.2) is 4.98 Å². The van der Waals surface area contributed by atoms with E-state index in [-0.39, 0.29) is 0 Å². The summed E-state index contributed by atoms with van der Waals surface area (Å²) in [5.74, 6) is 1.37. The van der Waals surface area contributed by atoms with Crippen molar-refractivity contribution < 1.29 is 4.74 Å². The van der Waals surface area contributed by atoms with Crippen molar-refractivity contribution in [3.05, 3.63) is 35.7 Å². The SMILES string of the molecule is CCNc1ncc(Cl)c(Oc2cccnc2)n1. The van der Waals surface area contributed by atoms with E-state index in [1.165, 1.54) is 6.20 Å². The van der Waals surface area contributed by atoms with Crippen LogP contribution in [0.15, 0.2) is 30.7 Å². The second kappa shape index (κ2) is 5.45. The molecule has 0 aliphatic carbocycles. The van der Waals surface area contributed by atoms with Crippen LogP contribution >= 0.6 is 11.6 Å². The molecule has 0 saturated carbocycles. The molecule has 1 N–H and O–H groups in total. The summed E-state index contributed by atoms with van der Waals surface area (Å²) in [6.45, 7) is 2.69. The molecule has 0 atom stereocenters. The zero-order valence-corrected chi connectivity index (χ0v) is 9.98. The minimum Gasteiger partial charge on any atom is -0.436 e. The Balaban J connectivity index is 2.22. The lowest BCUT2D eigenvalue weighted by molar-refractivity contribution is 0.460. The molecule has 5 nitrogen and oxygen atoms in total. The molecule has 17 heavy (non-hydrogen) atoms. The predicted molar refractivity (Wildman–Crippen MR) is 65.5 cm³/mol. The quantitative estimate of drug-likeness (QED) is 0.904. The first-order chi connectivity index (χ1) is 8.29. The molecular formula is C11H11ClN4O. The van der Waals surface area contributed by atoms with Crippen LogP contribution in [0.3, 0.4) is 0 Å². The normalized spacial score (nSPS) is 10.0. The first-order valence-corrected chi connectivity index (χ1v) is 5.51. The molecule has 0 aliphatic heterocycles. The van der Waals surface area contributed by atoms with E-state index < -0.39 is 0 Å². The number of hydrogen-bond donors (Lipinski definition) is 1. The second-order valence-electron chi connectivity index (χ2n) is 3.17.